The van der Waals surface area contributed by atoms with Gasteiger partial charge in [-0.3, -0.25) is 0 Å². The van der Waals surface area contributed by atoms with Gasteiger partial charge >= 0.3 is 0 Å². The standard InChI is InChI=1S/C15H16N2O2/c18-8-6-15-16-7-5-13(17-15)11-3-4-14-12(10-11)2-1-9-19-14/h3-5,7,10,18H,1-2,6,8-9H2. The number of rotatable bonds is 3. The number of aromatic nitrogens is 2. The zero-order chi connectivity index (χ0) is 13.1. The Morgan fingerprint density at radius 1 is 1.26 bits per heavy atom. The van der Waals surface area contributed by atoms with Crippen molar-refractivity contribution in [2.75, 3.05) is 13.2 Å². The highest BCUT2D eigenvalue weighted by Crippen LogP contribution is 2.29. The van der Waals surface area contributed by atoms with Gasteiger partial charge in [-0.1, -0.05) is 0 Å². The molecular formula is C15H16N2O2. The molecule has 4 nitrogen and oxygen atoms in total. The monoisotopic (exact) mass is 256 g/mol. The maximum Gasteiger partial charge on any atom is 0.131 e. The average Bonchev–Trinajstić information content (AvgIpc) is 2.47. The maximum atomic E-state index is 8.94. The zero-order valence-corrected chi connectivity index (χ0v) is 10.7. The van der Waals surface area contributed by atoms with E-state index in [1.165, 1.54) is 5.56 Å². The number of aryl methyl sites for hydroxylation is 1. The van der Waals surface area contributed by atoms with Crippen LogP contribution in [0.1, 0.15) is 17.8 Å². The first-order valence-corrected chi connectivity index (χ1v) is 6.56. The first-order chi connectivity index (χ1) is 9.36. The van der Waals surface area contributed by atoms with Gasteiger partial charge in [-0.15, -0.1) is 0 Å². The van der Waals surface area contributed by atoms with Gasteiger partial charge in [0.2, 0.25) is 0 Å². The highest BCUT2D eigenvalue weighted by molar-refractivity contribution is 5.62. The first kappa shape index (κ1) is 12.1. The van der Waals surface area contributed by atoms with E-state index in [2.05, 4.69) is 16.0 Å². The largest absolute Gasteiger partial charge is 0.493 e. The Kier molecular flexibility index (Phi) is 3.42. The molecule has 0 aliphatic carbocycles. The Bertz CT molecular complexity index is 584. The molecule has 1 aliphatic rings. The second kappa shape index (κ2) is 5.36. The van der Waals surface area contributed by atoms with E-state index in [0.29, 0.717) is 12.2 Å². The van der Waals surface area contributed by atoms with Crippen LogP contribution < -0.4 is 4.74 Å². The van der Waals surface area contributed by atoms with Crippen molar-refractivity contribution < 1.29 is 9.84 Å². The maximum absolute atomic E-state index is 8.94. The van der Waals surface area contributed by atoms with Crippen molar-refractivity contribution >= 4 is 0 Å². The topological polar surface area (TPSA) is 55.2 Å². The molecule has 1 N–H and O–H groups in total. The molecule has 3 rings (SSSR count). The number of benzene rings is 1. The van der Waals surface area contributed by atoms with Crippen LogP contribution in [0.15, 0.2) is 30.5 Å². The van der Waals surface area contributed by atoms with E-state index >= 15 is 0 Å². The molecule has 0 saturated heterocycles. The average molecular weight is 256 g/mol. The van der Waals surface area contributed by atoms with E-state index in [-0.39, 0.29) is 6.61 Å². The highest BCUT2D eigenvalue weighted by Gasteiger charge is 2.12. The van der Waals surface area contributed by atoms with Crippen LogP contribution in [-0.2, 0) is 12.8 Å². The summed E-state index contributed by atoms with van der Waals surface area (Å²) in [6.45, 7) is 0.877. The molecule has 2 heterocycles. The van der Waals surface area contributed by atoms with E-state index in [1.807, 2.05) is 18.2 Å². The fourth-order valence-electron chi connectivity index (χ4n) is 2.30. The third-order valence-electron chi connectivity index (χ3n) is 3.25. The Labute approximate surface area is 112 Å². The summed E-state index contributed by atoms with van der Waals surface area (Å²) in [4.78, 5) is 8.62. The molecule has 1 aromatic heterocycles. The molecule has 1 aromatic carbocycles. The number of ether oxygens (including phenoxy) is 1. The molecule has 0 amide bonds. The molecule has 4 heteroatoms. The number of fused-ring (bicyclic) bond motifs is 1. The van der Waals surface area contributed by atoms with Gasteiger partial charge in [0.25, 0.3) is 0 Å². The molecule has 0 bridgehead atoms. The molecule has 98 valence electrons. The van der Waals surface area contributed by atoms with Crippen molar-refractivity contribution in [1.29, 1.82) is 0 Å². The SMILES string of the molecule is OCCc1nccc(-c2ccc3c(c2)CCCO3)n1. The summed E-state index contributed by atoms with van der Waals surface area (Å²) in [6.07, 6.45) is 4.35. The van der Waals surface area contributed by atoms with Crippen molar-refractivity contribution in [1.82, 2.24) is 9.97 Å². The van der Waals surface area contributed by atoms with Gasteiger partial charge < -0.3 is 9.84 Å². The van der Waals surface area contributed by atoms with Gasteiger partial charge in [0.15, 0.2) is 0 Å². The zero-order valence-electron chi connectivity index (χ0n) is 10.7. The van der Waals surface area contributed by atoms with E-state index in [1.54, 1.807) is 6.20 Å². The van der Waals surface area contributed by atoms with E-state index < -0.39 is 0 Å². The molecule has 0 unspecified atom stereocenters. The third-order valence-corrected chi connectivity index (χ3v) is 3.25. The normalized spacial score (nSPS) is 13.7. The van der Waals surface area contributed by atoms with Crippen LogP contribution in [0.5, 0.6) is 5.75 Å². The number of aliphatic hydroxyl groups excluding tert-OH is 1. The summed E-state index contributed by atoms with van der Waals surface area (Å²) < 4.78 is 5.61. The fourth-order valence-corrected chi connectivity index (χ4v) is 2.30. The fraction of sp³-hybridized carbons (Fsp3) is 0.333. The minimum absolute atomic E-state index is 0.0709. The van der Waals surface area contributed by atoms with Crippen LogP contribution >= 0.6 is 0 Å². The second-order valence-corrected chi connectivity index (χ2v) is 4.61. The lowest BCUT2D eigenvalue weighted by atomic mass is 10.0. The Morgan fingerprint density at radius 2 is 2.21 bits per heavy atom. The van der Waals surface area contributed by atoms with Crippen molar-refractivity contribution in [3.8, 4) is 17.0 Å². The summed E-state index contributed by atoms with van der Waals surface area (Å²) in [5.41, 5.74) is 3.21. The number of aliphatic hydroxyl groups is 1. The quantitative estimate of drug-likeness (QED) is 0.912. The summed E-state index contributed by atoms with van der Waals surface area (Å²) in [5, 5.41) is 8.94. The van der Waals surface area contributed by atoms with Gasteiger partial charge in [0, 0.05) is 18.2 Å². The molecular weight excluding hydrogens is 240 g/mol. The van der Waals surface area contributed by atoms with Crippen LogP contribution in [0.25, 0.3) is 11.3 Å². The van der Waals surface area contributed by atoms with Crippen LogP contribution in [0, 0.1) is 0 Å². The molecule has 2 aromatic rings. The summed E-state index contributed by atoms with van der Waals surface area (Å²) in [6, 6.07) is 8.07. The Hall–Kier alpha value is -1.94. The molecule has 0 fully saturated rings. The predicted molar refractivity (Wildman–Crippen MR) is 72.1 cm³/mol. The smallest absolute Gasteiger partial charge is 0.131 e. The first-order valence-electron chi connectivity index (χ1n) is 6.56. The molecule has 19 heavy (non-hydrogen) atoms. The van der Waals surface area contributed by atoms with Gasteiger partial charge in [0.05, 0.1) is 18.9 Å². The summed E-state index contributed by atoms with van der Waals surface area (Å²) >= 11 is 0. The van der Waals surface area contributed by atoms with Crippen LogP contribution in [0.4, 0.5) is 0 Å². The van der Waals surface area contributed by atoms with E-state index in [4.69, 9.17) is 9.84 Å². The van der Waals surface area contributed by atoms with E-state index in [0.717, 1.165) is 36.5 Å². The van der Waals surface area contributed by atoms with Gasteiger partial charge in [-0.25, -0.2) is 9.97 Å². The summed E-state index contributed by atoms with van der Waals surface area (Å²) in [7, 11) is 0. The molecule has 0 saturated carbocycles. The van der Waals surface area contributed by atoms with E-state index in [9.17, 15) is 0 Å². The third kappa shape index (κ3) is 2.58. The molecule has 0 spiro atoms. The Morgan fingerprint density at radius 3 is 3.11 bits per heavy atom. The van der Waals surface area contributed by atoms with Crippen molar-refractivity contribution in [2.24, 2.45) is 0 Å². The lowest BCUT2D eigenvalue weighted by Crippen LogP contribution is -2.08. The van der Waals surface area contributed by atoms with Crippen molar-refractivity contribution in [2.45, 2.75) is 19.3 Å². The van der Waals surface area contributed by atoms with Crippen LogP contribution in [0.2, 0.25) is 0 Å². The highest BCUT2D eigenvalue weighted by atomic mass is 16.5. The molecule has 0 atom stereocenters. The number of hydrogen-bond donors (Lipinski definition) is 1. The minimum atomic E-state index is 0.0709. The lowest BCUT2D eigenvalue weighted by Gasteiger charge is -2.17. The molecule has 0 radical (unpaired) electrons. The second-order valence-electron chi connectivity index (χ2n) is 4.61. The van der Waals surface area contributed by atoms with Gasteiger partial charge in [-0.2, -0.15) is 0 Å². The number of nitrogens with zero attached hydrogens (tertiary/aromatic N) is 2. The van der Waals surface area contributed by atoms with Crippen molar-refractivity contribution in [3.63, 3.8) is 0 Å². The van der Waals surface area contributed by atoms with Gasteiger partial charge in [-0.05, 0) is 42.7 Å². The van der Waals surface area contributed by atoms with Crippen molar-refractivity contribution in [3.05, 3.63) is 41.9 Å². The number of hydrogen-bond acceptors (Lipinski definition) is 4. The van der Waals surface area contributed by atoms with Crippen LogP contribution in [-0.4, -0.2) is 28.3 Å². The van der Waals surface area contributed by atoms with Gasteiger partial charge in [0.1, 0.15) is 11.6 Å². The van der Waals surface area contributed by atoms with Crippen LogP contribution in [0.3, 0.4) is 0 Å². The Balaban J connectivity index is 1.95. The predicted octanol–water partition coefficient (Wildman–Crippen LogP) is 2.00. The lowest BCUT2D eigenvalue weighted by molar-refractivity contribution is 0.288. The molecule has 1 aliphatic heterocycles. The summed E-state index contributed by atoms with van der Waals surface area (Å²) in [5.74, 6) is 1.66. The minimum Gasteiger partial charge on any atom is -0.493 e.